The molecule has 0 unspecified atom stereocenters. The lowest BCUT2D eigenvalue weighted by Crippen LogP contribution is -2.00. The van der Waals surface area contributed by atoms with E-state index >= 15 is 0 Å². The maximum absolute atomic E-state index is 11.1. The van der Waals surface area contributed by atoms with E-state index in [2.05, 4.69) is 15.2 Å². The number of imidazole rings is 1. The van der Waals surface area contributed by atoms with Crippen LogP contribution in [0.4, 0.5) is 11.5 Å². The summed E-state index contributed by atoms with van der Waals surface area (Å²) in [5, 5.41) is 17.8. The number of carboxylic acids is 1. The summed E-state index contributed by atoms with van der Waals surface area (Å²) in [6, 6.07) is 9.64. The number of aliphatic carboxylic acids is 1. The quantitative estimate of drug-likeness (QED) is 0.727. The molecule has 0 radical (unpaired) electrons. The van der Waals surface area contributed by atoms with Crippen LogP contribution in [0.15, 0.2) is 46.8 Å². The predicted molar refractivity (Wildman–Crippen MR) is 91.4 cm³/mol. The minimum atomic E-state index is -0.945. The number of rotatable bonds is 4. The Hall–Kier alpha value is -3.02. The maximum Gasteiger partial charge on any atom is 0.309 e. The number of carbonyl (C=O) groups is 1. The molecule has 0 saturated heterocycles. The normalized spacial score (nSPS) is 11.5. The van der Waals surface area contributed by atoms with Crippen molar-refractivity contribution in [3.05, 3.63) is 58.9 Å². The number of aryl methyl sites for hydroxylation is 2. The molecular weight excluding hydrogens is 304 g/mol. The Morgan fingerprint density at radius 2 is 1.88 bits per heavy atom. The molecule has 3 aromatic rings. The summed E-state index contributed by atoms with van der Waals surface area (Å²) in [5.41, 5.74) is 5.00. The molecule has 2 heterocycles. The van der Waals surface area contributed by atoms with Gasteiger partial charge in [-0.1, -0.05) is 18.2 Å². The van der Waals surface area contributed by atoms with Gasteiger partial charge in [-0.3, -0.25) is 9.20 Å². The van der Waals surface area contributed by atoms with Gasteiger partial charge in [0.2, 0.25) is 0 Å². The monoisotopic (exact) mass is 322 g/mol. The Bertz CT molecular complexity index is 957. The van der Waals surface area contributed by atoms with Gasteiger partial charge in [0, 0.05) is 6.20 Å². The van der Waals surface area contributed by atoms with Crippen LogP contribution in [0.1, 0.15) is 22.4 Å². The van der Waals surface area contributed by atoms with Crippen LogP contribution in [0.3, 0.4) is 0 Å². The fourth-order valence-corrected chi connectivity index (χ4v) is 2.55. The van der Waals surface area contributed by atoms with Crippen molar-refractivity contribution in [1.29, 1.82) is 0 Å². The first-order chi connectivity index (χ1) is 11.5. The van der Waals surface area contributed by atoms with Crippen molar-refractivity contribution in [3.63, 3.8) is 0 Å². The van der Waals surface area contributed by atoms with Crippen molar-refractivity contribution in [3.8, 4) is 0 Å². The molecule has 0 amide bonds. The van der Waals surface area contributed by atoms with E-state index in [9.17, 15) is 4.79 Å². The van der Waals surface area contributed by atoms with E-state index in [1.54, 1.807) is 4.40 Å². The van der Waals surface area contributed by atoms with Crippen LogP contribution in [-0.2, 0) is 11.2 Å². The van der Waals surface area contributed by atoms with Crippen LogP contribution in [0.25, 0.3) is 5.65 Å². The highest BCUT2D eigenvalue weighted by atomic mass is 16.4. The second kappa shape index (κ2) is 6.23. The largest absolute Gasteiger partial charge is 0.481 e. The Balaban J connectivity index is 2.13. The molecule has 0 aliphatic rings. The number of pyridine rings is 1. The zero-order valence-electron chi connectivity index (χ0n) is 13.8. The Morgan fingerprint density at radius 3 is 2.62 bits per heavy atom. The third-order valence-corrected chi connectivity index (χ3v) is 4.04. The molecule has 0 bridgehead atoms. The van der Waals surface area contributed by atoms with E-state index in [1.807, 2.05) is 57.3 Å². The Labute approximate surface area is 139 Å². The summed E-state index contributed by atoms with van der Waals surface area (Å²) in [6.07, 6.45) is 1.63. The van der Waals surface area contributed by atoms with Gasteiger partial charge in [0.25, 0.3) is 0 Å². The van der Waals surface area contributed by atoms with Crippen LogP contribution in [0, 0.1) is 20.8 Å². The van der Waals surface area contributed by atoms with E-state index in [0.29, 0.717) is 17.2 Å². The van der Waals surface area contributed by atoms with E-state index in [0.717, 1.165) is 22.4 Å². The number of aromatic nitrogens is 2. The van der Waals surface area contributed by atoms with Gasteiger partial charge in [0.1, 0.15) is 5.65 Å². The number of carboxylic acid groups (broad SMARTS) is 1. The van der Waals surface area contributed by atoms with Crippen molar-refractivity contribution in [1.82, 2.24) is 9.38 Å². The van der Waals surface area contributed by atoms with E-state index in [-0.39, 0.29) is 6.42 Å². The fourth-order valence-electron chi connectivity index (χ4n) is 2.55. The summed E-state index contributed by atoms with van der Waals surface area (Å²) < 4.78 is 1.78. The summed E-state index contributed by atoms with van der Waals surface area (Å²) in [7, 11) is 0. The summed E-state index contributed by atoms with van der Waals surface area (Å²) >= 11 is 0. The number of fused-ring (bicyclic) bond motifs is 1. The topological polar surface area (TPSA) is 79.3 Å². The number of nitrogens with zero attached hydrogens (tertiary/aromatic N) is 4. The Morgan fingerprint density at radius 1 is 1.12 bits per heavy atom. The van der Waals surface area contributed by atoms with Crippen molar-refractivity contribution in [2.45, 2.75) is 27.2 Å². The molecule has 0 fully saturated rings. The average Bonchev–Trinajstić information content (AvgIpc) is 2.87. The maximum atomic E-state index is 11.1. The molecule has 24 heavy (non-hydrogen) atoms. The molecule has 1 aromatic carbocycles. The minimum Gasteiger partial charge on any atom is -0.481 e. The molecule has 6 heteroatoms. The van der Waals surface area contributed by atoms with Crippen LogP contribution in [0.5, 0.6) is 0 Å². The zero-order chi connectivity index (χ0) is 17.3. The number of hydrogen-bond donors (Lipinski definition) is 1. The number of azo groups is 1. The van der Waals surface area contributed by atoms with E-state index in [4.69, 9.17) is 5.11 Å². The van der Waals surface area contributed by atoms with Crippen molar-refractivity contribution in [2.24, 2.45) is 10.2 Å². The number of hydrogen-bond acceptors (Lipinski definition) is 4. The SMILES string of the molecule is Cc1cccc(N=Nc2c(CC(=O)O)nc3c(C)cccn23)c1C. The van der Waals surface area contributed by atoms with Gasteiger partial charge in [-0.25, -0.2) is 4.98 Å². The first-order valence-corrected chi connectivity index (χ1v) is 7.63. The third kappa shape index (κ3) is 2.90. The van der Waals surface area contributed by atoms with Crippen LogP contribution >= 0.6 is 0 Å². The molecule has 1 N–H and O–H groups in total. The lowest BCUT2D eigenvalue weighted by molar-refractivity contribution is -0.136. The molecule has 2 aromatic heterocycles. The summed E-state index contributed by atoms with van der Waals surface area (Å²) in [5.74, 6) is -0.490. The van der Waals surface area contributed by atoms with Gasteiger partial charge >= 0.3 is 5.97 Å². The highest BCUT2D eigenvalue weighted by molar-refractivity contribution is 5.72. The van der Waals surface area contributed by atoms with Crippen LogP contribution < -0.4 is 0 Å². The molecule has 3 rings (SSSR count). The second-order valence-electron chi connectivity index (χ2n) is 5.76. The van der Waals surface area contributed by atoms with Gasteiger partial charge in [0.05, 0.1) is 17.8 Å². The predicted octanol–water partition coefficient (Wildman–Crippen LogP) is 4.30. The van der Waals surface area contributed by atoms with Crippen LogP contribution in [-0.4, -0.2) is 20.5 Å². The van der Waals surface area contributed by atoms with Gasteiger partial charge in [-0.15, -0.1) is 10.2 Å². The van der Waals surface area contributed by atoms with Gasteiger partial charge in [-0.05, 0) is 49.6 Å². The molecule has 0 aliphatic carbocycles. The molecule has 0 spiro atoms. The second-order valence-corrected chi connectivity index (χ2v) is 5.76. The fraction of sp³-hybridized carbons (Fsp3) is 0.222. The minimum absolute atomic E-state index is 0.192. The van der Waals surface area contributed by atoms with Gasteiger partial charge in [0.15, 0.2) is 5.82 Å². The first kappa shape index (κ1) is 15.9. The lowest BCUT2D eigenvalue weighted by Gasteiger charge is -2.03. The summed E-state index contributed by atoms with van der Waals surface area (Å²) in [4.78, 5) is 15.6. The van der Waals surface area contributed by atoms with Crippen molar-refractivity contribution < 1.29 is 9.90 Å². The zero-order valence-corrected chi connectivity index (χ0v) is 13.8. The molecule has 0 atom stereocenters. The van der Waals surface area contributed by atoms with Crippen LogP contribution in [0.2, 0.25) is 0 Å². The molecule has 122 valence electrons. The lowest BCUT2D eigenvalue weighted by atomic mass is 10.1. The van der Waals surface area contributed by atoms with Crippen molar-refractivity contribution in [2.75, 3.05) is 0 Å². The van der Waals surface area contributed by atoms with Gasteiger partial charge in [-0.2, -0.15) is 0 Å². The molecule has 6 nitrogen and oxygen atoms in total. The molecule has 0 saturated carbocycles. The van der Waals surface area contributed by atoms with E-state index < -0.39 is 5.97 Å². The summed E-state index contributed by atoms with van der Waals surface area (Å²) in [6.45, 7) is 5.93. The molecule has 0 aliphatic heterocycles. The Kier molecular flexibility index (Phi) is 4.12. The first-order valence-electron chi connectivity index (χ1n) is 7.63. The standard InChI is InChI=1S/C18H18N4O2/c1-11-6-4-8-14(13(11)3)20-21-18-15(10-16(23)24)19-17-12(2)7-5-9-22(17)18/h4-9H,10H2,1-3H3,(H,23,24). The molecular formula is C18H18N4O2. The highest BCUT2D eigenvalue weighted by Crippen LogP contribution is 2.28. The van der Waals surface area contributed by atoms with Crippen molar-refractivity contribution >= 4 is 23.1 Å². The average molecular weight is 322 g/mol. The number of benzene rings is 1. The van der Waals surface area contributed by atoms with Gasteiger partial charge < -0.3 is 5.11 Å². The van der Waals surface area contributed by atoms with E-state index in [1.165, 1.54) is 0 Å². The third-order valence-electron chi connectivity index (χ3n) is 4.04. The smallest absolute Gasteiger partial charge is 0.309 e. The highest BCUT2D eigenvalue weighted by Gasteiger charge is 2.16.